The van der Waals surface area contributed by atoms with Crippen molar-refractivity contribution in [2.24, 2.45) is 4.99 Å². The molecule has 0 saturated heterocycles. The number of aromatic nitrogens is 1. The van der Waals surface area contributed by atoms with Crippen LogP contribution in [-0.2, 0) is 0 Å². The summed E-state index contributed by atoms with van der Waals surface area (Å²) in [5.41, 5.74) is 1.05. The molecule has 0 fully saturated rings. The molecule has 150 valence electrons. The lowest BCUT2D eigenvalue weighted by Crippen LogP contribution is -2.43. The van der Waals surface area contributed by atoms with E-state index in [4.69, 9.17) is 0 Å². The highest BCUT2D eigenvalue weighted by atomic mass is 32.1. The first-order valence-electron chi connectivity index (χ1n) is 9.95. The lowest BCUT2D eigenvalue weighted by atomic mass is 10.2. The average Bonchev–Trinajstić information content (AvgIpc) is 3.10. The van der Waals surface area contributed by atoms with E-state index in [9.17, 15) is 0 Å². The number of nitrogens with one attached hydrogen (secondary N) is 3. The number of nitrogens with zero attached hydrogens (tertiary/aromatic N) is 3. The van der Waals surface area contributed by atoms with Crippen LogP contribution in [0.15, 0.2) is 29.3 Å². The zero-order valence-corrected chi connectivity index (χ0v) is 17.9. The predicted molar refractivity (Wildman–Crippen MR) is 119 cm³/mol. The third kappa shape index (κ3) is 7.34. The van der Waals surface area contributed by atoms with Gasteiger partial charge in [-0.15, -0.1) is 0 Å². The third-order valence-electron chi connectivity index (χ3n) is 4.60. The van der Waals surface area contributed by atoms with Gasteiger partial charge in [0.1, 0.15) is 0 Å². The van der Waals surface area contributed by atoms with Crippen molar-refractivity contribution in [2.45, 2.75) is 39.7 Å². The minimum Gasteiger partial charge on any atom is -0.360 e. The van der Waals surface area contributed by atoms with Crippen LogP contribution in [0.1, 0.15) is 33.6 Å². The highest BCUT2D eigenvalue weighted by molar-refractivity contribution is 7.22. The Morgan fingerprint density at radius 3 is 2.70 bits per heavy atom. The molecule has 2 aromatic rings. The second-order valence-corrected chi connectivity index (χ2v) is 7.66. The van der Waals surface area contributed by atoms with Gasteiger partial charge in [0.05, 0.1) is 10.2 Å². The number of benzene rings is 1. The van der Waals surface area contributed by atoms with Crippen LogP contribution in [0.3, 0.4) is 0 Å². The Bertz CT molecular complexity index is 662. The molecule has 0 radical (unpaired) electrons. The summed E-state index contributed by atoms with van der Waals surface area (Å²) in [7, 11) is 1.82. The van der Waals surface area contributed by atoms with E-state index in [1.807, 2.05) is 25.2 Å². The monoisotopic (exact) mass is 390 g/mol. The highest BCUT2D eigenvalue weighted by Crippen LogP contribution is 2.24. The molecule has 1 unspecified atom stereocenters. The molecule has 6 nitrogen and oxygen atoms in total. The van der Waals surface area contributed by atoms with E-state index in [1.54, 1.807) is 11.3 Å². The molecule has 0 aliphatic carbocycles. The molecule has 1 heterocycles. The number of hydrogen-bond donors (Lipinski definition) is 3. The number of thiazole rings is 1. The molecule has 0 spiro atoms. The number of anilines is 1. The fourth-order valence-electron chi connectivity index (χ4n) is 2.96. The van der Waals surface area contributed by atoms with Crippen LogP contribution in [-0.4, -0.2) is 61.7 Å². The minimum atomic E-state index is 0.406. The van der Waals surface area contributed by atoms with Gasteiger partial charge in [0.25, 0.3) is 0 Å². The Kier molecular flexibility index (Phi) is 9.35. The van der Waals surface area contributed by atoms with Gasteiger partial charge in [-0.05, 0) is 51.5 Å². The average molecular weight is 391 g/mol. The van der Waals surface area contributed by atoms with Gasteiger partial charge in [-0.25, -0.2) is 4.98 Å². The van der Waals surface area contributed by atoms with E-state index in [0.717, 1.165) is 55.8 Å². The molecule has 0 aliphatic rings. The Labute approximate surface area is 167 Å². The number of rotatable bonds is 11. The molecule has 1 aromatic heterocycles. The molecule has 0 bridgehead atoms. The van der Waals surface area contributed by atoms with Crippen molar-refractivity contribution in [2.75, 3.05) is 45.1 Å². The van der Waals surface area contributed by atoms with E-state index in [0.29, 0.717) is 6.04 Å². The summed E-state index contributed by atoms with van der Waals surface area (Å²) < 4.78 is 1.21. The number of para-hydroxylation sites is 1. The molecule has 2 rings (SSSR count). The molecule has 7 heteroatoms. The summed E-state index contributed by atoms with van der Waals surface area (Å²) >= 11 is 1.69. The van der Waals surface area contributed by atoms with Gasteiger partial charge in [-0.2, -0.15) is 0 Å². The van der Waals surface area contributed by atoms with Gasteiger partial charge in [-0.1, -0.05) is 37.3 Å². The fourth-order valence-corrected chi connectivity index (χ4v) is 3.85. The van der Waals surface area contributed by atoms with Crippen LogP contribution in [0.25, 0.3) is 10.2 Å². The van der Waals surface area contributed by atoms with Crippen molar-refractivity contribution < 1.29 is 0 Å². The first-order chi connectivity index (χ1) is 13.2. The Balaban J connectivity index is 1.64. The summed E-state index contributed by atoms with van der Waals surface area (Å²) in [6, 6.07) is 8.62. The molecule has 0 aliphatic heterocycles. The standard InChI is InChI=1S/C20H34N6S/c1-5-26(6-2)15-9-10-16(3)24-19(21-4)22-13-14-23-20-25-17-11-7-8-12-18(17)27-20/h7-8,11-12,16H,5-6,9-10,13-15H2,1-4H3,(H,23,25)(H2,21,22,24). The van der Waals surface area contributed by atoms with Crippen molar-refractivity contribution >= 4 is 32.6 Å². The van der Waals surface area contributed by atoms with Gasteiger partial charge in [0, 0.05) is 26.2 Å². The van der Waals surface area contributed by atoms with Crippen molar-refractivity contribution in [3.63, 3.8) is 0 Å². The molecule has 1 atom stereocenters. The molecular formula is C20H34N6S. The number of aliphatic imine (C=N–C) groups is 1. The predicted octanol–water partition coefficient (Wildman–Crippen LogP) is 3.38. The van der Waals surface area contributed by atoms with Gasteiger partial charge < -0.3 is 20.9 Å². The van der Waals surface area contributed by atoms with Gasteiger partial charge in [0.2, 0.25) is 0 Å². The number of guanidine groups is 1. The van der Waals surface area contributed by atoms with Crippen molar-refractivity contribution in [1.82, 2.24) is 20.5 Å². The van der Waals surface area contributed by atoms with E-state index in [2.05, 4.69) is 57.7 Å². The van der Waals surface area contributed by atoms with E-state index in [1.165, 1.54) is 11.1 Å². The largest absolute Gasteiger partial charge is 0.360 e. The van der Waals surface area contributed by atoms with E-state index < -0.39 is 0 Å². The van der Waals surface area contributed by atoms with Gasteiger partial charge >= 0.3 is 0 Å². The van der Waals surface area contributed by atoms with Crippen LogP contribution in [0, 0.1) is 0 Å². The maximum atomic E-state index is 4.59. The zero-order valence-electron chi connectivity index (χ0n) is 17.1. The second kappa shape index (κ2) is 11.8. The fraction of sp³-hybridized carbons (Fsp3) is 0.600. The molecule has 1 aromatic carbocycles. The summed E-state index contributed by atoms with van der Waals surface area (Å²) in [6.45, 7) is 11.7. The maximum absolute atomic E-state index is 4.59. The topological polar surface area (TPSA) is 64.6 Å². The number of fused-ring (bicyclic) bond motifs is 1. The van der Waals surface area contributed by atoms with Crippen molar-refractivity contribution in [3.05, 3.63) is 24.3 Å². The molecule has 27 heavy (non-hydrogen) atoms. The van der Waals surface area contributed by atoms with Gasteiger partial charge in [0.15, 0.2) is 11.1 Å². The zero-order chi connectivity index (χ0) is 19.5. The van der Waals surface area contributed by atoms with E-state index in [-0.39, 0.29) is 0 Å². The van der Waals surface area contributed by atoms with E-state index >= 15 is 0 Å². The van der Waals surface area contributed by atoms with Gasteiger partial charge in [-0.3, -0.25) is 4.99 Å². The lowest BCUT2D eigenvalue weighted by Gasteiger charge is -2.21. The molecule has 3 N–H and O–H groups in total. The molecule has 0 saturated carbocycles. The van der Waals surface area contributed by atoms with Crippen molar-refractivity contribution in [1.29, 1.82) is 0 Å². The minimum absolute atomic E-state index is 0.406. The highest BCUT2D eigenvalue weighted by Gasteiger charge is 2.07. The summed E-state index contributed by atoms with van der Waals surface area (Å²) in [5, 5.41) is 11.2. The summed E-state index contributed by atoms with van der Waals surface area (Å²) in [6.07, 6.45) is 2.34. The molecular weight excluding hydrogens is 356 g/mol. The quantitative estimate of drug-likeness (QED) is 0.312. The SMILES string of the molecule is CCN(CC)CCCC(C)NC(=NC)NCCNc1nc2ccccc2s1. The number of hydrogen-bond acceptors (Lipinski definition) is 5. The first-order valence-corrected chi connectivity index (χ1v) is 10.8. The maximum Gasteiger partial charge on any atom is 0.191 e. The summed E-state index contributed by atoms with van der Waals surface area (Å²) in [4.78, 5) is 11.4. The van der Waals surface area contributed by atoms with Crippen LogP contribution < -0.4 is 16.0 Å². The third-order valence-corrected chi connectivity index (χ3v) is 5.59. The normalized spacial score (nSPS) is 13.1. The first kappa shape index (κ1) is 21.4. The van der Waals surface area contributed by atoms with Crippen LogP contribution in [0.5, 0.6) is 0 Å². The Morgan fingerprint density at radius 2 is 2.00 bits per heavy atom. The van der Waals surface area contributed by atoms with Crippen LogP contribution in [0.2, 0.25) is 0 Å². The van der Waals surface area contributed by atoms with Crippen LogP contribution in [0.4, 0.5) is 5.13 Å². The van der Waals surface area contributed by atoms with Crippen molar-refractivity contribution in [3.8, 4) is 0 Å². The second-order valence-electron chi connectivity index (χ2n) is 6.63. The van der Waals surface area contributed by atoms with Crippen LogP contribution >= 0.6 is 11.3 Å². The molecule has 0 amide bonds. The summed E-state index contributed by atoms with van der Waals surface area (Å²) in [5.74, 6) is 0.858. The smallest absolute Gasteiger partial charge is 0.191 e. The lowest BCUT2D eigenvalue weighted by molar-refractivity contribution is 0.292. The Hall–Kier alpha value is -1.86. The Morgan fingerprint density at radius 1 is 1.22 bits per heavy atom.